The average molecular weight is 314 g/mol. The molecule has 1 N–H and O–H groups in total. The van der Waals surface area contributed by atoms with E-state index in [4.69, 9.17) is 11.6 Å². The van der Waals surface area contributed by atoms with E-state index in [0.29, 0.717) is 11.6 Å². The Bertz CT molecular complexity index is 533. The lowest BCUT2D eigenvalue weighted by Gasteiger charge is -2.07. The molecule has 88 valence electrons. The largest absolute Gasteiger partial charge is 0.363 e. The molecule has 0 aliphatic carbocycles. The Morgan fingerprint density at radius 1 is 1.41 bits per heavy atom. The van der Waals surface area contributed by atoms with Crippen LogP contribution in [0.1, 0.15) is 11.5 Å². The van der Waals surface area contributed by atoms with Crippen molar-refractivity contribution in [2.24, 2.45) is 0 Å². The topological polar surface area (TPSA) is 50.7 Å². The fraction of sp³-hybridized carbons (Fsp3) is 0.182. The number of pyridine rings is 1. The van der Waals surface area contributed by atoms with Crippen LogP contribution in [-0.4, -0.2) is 15.0 Å². The van der Waals surface area contributed by atoms with E-state index in [2.05, 4.69) is 36.2 Å². The second-order valence-electron chi connectivity index (χ2n) is 3.43. The molecule has 0 radical (unpaired) electrons. The molecule has 0 aliphatic heterocycles. The number of halogens is 2. The second-order valence-corrected chi connectivity index (χ2v) is 4.72. The Balaban J connectivity index is 2.07. The Hall–Kier alpha value is -1.20. The molecule has 17 heavy (non-hydrogen) atoms. The normalized spacial score (nSPS) is 10.3. The number of aryl methyl sites for hydroxylation is 1. The van der Waals surface area contributed by atoms with E-state index < -0.39 is 0 Å². The summed E-state index contributed by atoms with van der Waals surface area (Å²) >= 11 is 9.21. The third-order valence-corrected chi connectivity index (χ3v) is 2.89. The van der Waals surface area contributed by atoms with E-state index in [0.717, 1.165) is 21.8 Å². The first-order valence-corrected chi connectivity index (χ1v) is 6.15. The lowest BCUT2D eigenvalue weighted by molar-refractivity contribution is 0.949. The summed E-state index contributed by atoms with van der Waals surface area (Å²) in [4.78, 5) is 12.5. The molecule has 0 amide bonds. The van der Waals surface area contributed by atoms with Gasteiger partial charge in [0.25, 0.3) is 0 Å². The van der Waals surface area contributed by atoms with Crippen molar-refractivity contribution >= 4 is 33.3 Å². The van der Waals surface area contributed by atoms with E-state index in [1.165, 1.54) is 0 Å². The molecule has 2 rings (SSSR count). The van der Waals surface area contributed by atoms with Crippen molar-refractivity contribution < 1.29 is 0 Å². The number of hydrogen-bond donors (Lipinski definition) is 1. The number of nitrogens with zero attached hydrogens (tertiary/aromatic N) is 3. The highest BCUT2D eigenvalue weighted by atomic mass is 79.9. The molecule has 0 saturated carbocycles. The van der Waals surface area contributed by atoms with Crippen LogP contribution in [0.15, 0.2) is 29.0 Å². The number of hydrogen-bond acceptors (Lipinski definition) is 4. The average Bonchev–Trinajstić information content (AvgIpc) is 2.28. The fourth-order valence-corrected chi connectivity index (χ4v) is 2.10. The van der Waals surface area contributed by atoms with Crippen molar-refractivity contribution in [2.75, 3.05) is 5.32 Å². The lowest BCUT2D eigenvalue weighted by Crippen LogP contribution is -2.05. The van der Waals surface area contributed by atoms with Crippen LogP contribution in [-0.2, 0) is 6.54 Å². The monoisotopic (exact) mass is 312 g/mol. The molecule has 0 aromatic carbocycles. The summed E-state index contributed by atoms with van der Waals surface area (Å²) in [7, 11) is 0. The second kappa shape index (κ2) is 5.42. The maximum absolute atomic E-state index is 5.81. The molecule has 0 bridgehead atoms. The van der Waals surface area contributed by atoms with Gasteiger partial charge in [0.05, 0.1) is 21.7 Å². The van der Waals surface area contributed by atoms with Crippen molar-refractivity contribution in [3.63, 3.8) is 0 Å². The minimum absolute atomic E-state index is 0.594. The molecule has 2 heterocycles. The van der Waals surface area contributed by atoms with Crippen LogP contribution in [0.3, 0.4) is 0 Å². The summed E-state index contributed by atoms with van der Waals surface area (Å²) in [6.07, 6.45) is 3.34. The van der Waals surface area contributed by atoms with Gasteiger partial charge in [0.1, 0.15) is 11.6 Å². The van der Waals surface area contributed by atoms with Crippen LogP contribution in [0.4, 0.5) is 5.82 Å². The fourth-order valence-electron chi connectivity index (χ4n) is 1.32. The van der Waals surface area contributed by atoms with E-state index in [1.54, 1.807) is 18.5 Å². The van der Waals surface area contributed by atoms with Gasteiger partial charge < -0.3 is 5.32 Å². The molecule has 0 unspecified atom stereocenters. The zero-order valence-corrected chi connectivity index (χ0v) is 11.5. The lowest BCUT2D eigenvalue weighted by atomic mass is 10.4. The Morgan fingerprint density at radius 3 is 2.94 bits per heavy atom. The summed E-state index contributed by atoms with van der Waals surface area (Å²) in [5.41, 5.74) is 0.918. The first-order valence-electron chi connectivity index (χ1n) is 4.98. The third kappa shape index (κ3) is 3.38. The maximum atomic E-state index is 5.81. The summed E-state index contributed by atoms with van der Waals surface area (Å²) in [5.74, 6) is 1.50. The molecular weight excluding hydrogens is 304 g/mol. The van der Waals surface area contributed by atoms with E-state index in [9.17, 15) is 0 Å². The van der Waals surface area contributed by atoms with Crippen molar-refractivity contribution in [3.05, 3.63) is 45.5 Å². The molecule has 0 atom stereocenters. The molecule has 6 heteroatoms. The van der Waals surface area contributed by atoms with Gasteiger partial charge in [-0.1, -0.05) is 11.6 Å². The summed E-state index contributed by atoms with van der Waals surface area (Å²) in [6.45, 7) is 2.45. The van der Waals surface area contributed by atoms with Crippen LogP contribution >= 0.6 is 27.5 Å². The Kier molecular flexibility index (Phi) is 3.91. The zero-order valence-electron chi connectivity index (χ0n) is 9.11. The highest BCUT2D eigenvalue weighted by Crippen LogP contribution is 2.23. The number of rotatable bonds is 3. The maximum Gasteiger partial charge on any atom is 0.140 e. The highest BCUT2D eigenvalue weighted by molar-refractivity contribution is 9.10. The standard InChI is InChI=1S/C11H10BrClN4/c1-7-14-3-2-9(17-7)6-16-11-10(12)4-8(13)5-15-11/h2-5H,6H2,1H3,(H,15,16). The summed E-state index contributed by atoms with van der Waals surface area (Å²) < 4.78 is 0.829. The van der Waals surface area contributed by atoms with Crippen molar-refractivity contribution in [1.29, 1.82) is 0 Å². The van der Waals surface area contributed by atoms with Gasteiger partial charge in [-0.2, -0.15) is 0 Å². The van der Waals surface area contributed by atoms with Crippen LogP contribution in [0.2, 0.25) is 5.02 Å². The van der Waals surface area contributed by atoms with Crippen molar-refractivity contribution in [1.82, 2.24) is 15.0 Å². The van der Waals surface area contributed by atoms with Crippen molar-refractivity contribution in [2.45, 2.75) is 13.5 Å². The predicted molar refractivity (Wildman–Crippen MR) is 71.0 cm³/mol. The Labute approximate surface area is 113 Å². The van der Waals surface area contributed by atoms with Gasteiger partial charge in [-0.3, -0.25) is 0 Å². The molecule has 2 aromatic rings. The Morgan fingerprint density at radius 2 is 2.24 bits per heavy atom. The van der Waals surface area contributed by atoms with Gasteiger partial charge in [-0.05, 0) is 35.0 Å². The number of aromatic nitrogens is 3. The first kappa shape index (κ1) is 12.3. The van der Waals surface area contributed by atoms with Gasteiger partial charge in [-0.25, -0.2) is 15.0 Å². The van der Waals surface area contributed by atoms with Crippen LogP contribution < -0.4 is 5.32 Å². The molecular formula is C11H10BrClN4. The van der Waals surface area contributed by atoms with Gasteiger partial charge >= 0.3 is 0 Å². The summed E-state index contributed by atoms with van der Waals surface area (Å²) in [6, 6.07) is 3.66. The SMILES string of the molecule is Cc1nccc(CNc2ncc(Cl)cc2Br)n1. The molecule has 0 fully saturated rings. The van der Waals surface area contributed by atoms with Crippen LogP contribution in [0.5, 0.6) is 0 Å². The molecule has 4 nitrogen and oxygen atoms in total. The van der Waals surface area contributed by atoms with Gasteiger partial charge in [0.15, 0.2) is 0 Å². The quantitative estimate of drug-likeness (QED) is 0.945. The smallest absolute Gasteiger partial charge is 0.140 e. The van der Waals surface area contributed by atoms with E-state index in [1.807, 2.05) is 13.0 Å². The van der Waals surface area contributed by atoms with Gasteiger partial charge in [0.2, 0.25) is 0 Å². The molecule has 0 spiro atoms. The molecule has 2 aromatic heterocycles. The first-order chi connectivity index (χ1) is 8.15. The minimum Gasteiger partial charge on any atom is -0.363 e. The molecule has 0 saturated heterocycles. The van der Waals surface area contributed by atoms with E-state index in [-0.39, 0.29) is 0 Å². The predicted octanol–water partition coefficient (Wildman–Crippen LogP) is 3.21. The summed E-state index contributed by atoms with van der Waals surface area (Å²) in [5, 5.41) is 3.77. The van der Waals surface area contributed by atoms with E-state index >= 15 is 0 Å². The number of nitrogens with one attached hydrogen (secondary N) is 1. The number of anilines is 1. The minimum atomic E-state index is 0.594. The zero-order chi connectivity index (χ0) is 12.3. The van der Waals surface area contributed by atoms with Crippen LogP contribution in [0.25, 0.3) is 0 Å². The highest BCUT2D eigenvalue weighted by Gasteiger charge is 2.02. The van der Waals surface area contributed by atoms with Gasteiger partial charge in [0, 0.05) is 12.4 Å². The third-order valence-electron chi connectivity index (χ3n) is 2.08. The van der Waals surface area contributed by atoms with Crippen LogP contribution in [0, 0.1) is 6.92 Å². The van der Waals surface area contributed by atoms with Gasteiger partial charge in [-0.15, -0.1) is 0 Å². The van der Waals surface area contributed by atoms with Crippen molar-refractivity contribution in [3.8, 4) is 0 Å². The molecule has 0 aliphatic rings.